The van der Waals surface area contributed by atoms with Crippen molar-refractivity contribution in [2.24, 2.45) is 0 Å². The number of hydrogen-bond acceptors (Lipinski definition) is 5. The molecule has 0 fully saturated rings. The number of aromatic nitrogens is 2. The van der Waals surface area contributed by atoms with Gasteiger partial charge in [0.2, 0.25) is 18.2 Å². The summed E-state index contributed by atoms with van der Waals surface area (Å²) in [4.78, 5) is 11.8. The van der Waals surface area contributed by atoms with Crippen molar-refractivity contribution in [3.63, 3.8) is 0 Å². The average Bonchev–Trinajstić information content (AvgIpc) is 2.92. The molecule has 0 bridgehead atoms. The summed E-state index contributed by atoms with van der Waals surface area (Å²) < 4.78 is 5.14. The minimum absolute atomic E-state index is 0.0626. The van der Waals surface area contributed by atoms with E-state index in [1.165, 1.54) is 6.39 Å². The molecule has 0 saturated carbocycles. The Hall–Kier alpha value is -2.21. The van der Waals surface area contributed by atoms with Crippen molar-refractivity contribution in [2.75, 3.05) is 11.9 Å². The Bertz CT molecular complexity index is 579. The number of nitrogens with one attached hydrogen (secondary N) is 2. The summed E-state index contributed by atoms with van der Waals surface area (Å²) in [5, 5.41) is 13.4. The van der Waals surface area contributed by atoms with Crippen LogP contribution in [0.3, 0.4) is 0 Å². The Labute approximate surface area is 117 Å². The van der Waals surface area contributed by atoms with Crippen LogP contribution >= 0.6 is 0 Å². The smallest absolute Gasteiger partial charge is 0.247 e. The van der Waals surface area contributed by atoms with E-state index in [9.17, 15) is 4.79 Å². The standard InChI is InChI=1S/C14H18N4O2/c1-9(2)15-7-13(19)17-12-5-4-11(6-10(12)3)14-18-16-8-20-14/h4-6,8-9,15H,7H2,1-3H3,(H,17,19). The maximum Gasteiger partial charge on any atom is 0.247 e. The van der Waals surface area contributed by atoms with Crippen LogP contribution in [0.5, 0.6) is 0 Å². The van der Waals surface area contributed by atoms with Gasteiger partial charge in [-0.3, -0.25) is 4.79 Å². The van der Waals surface area contributed by atoms with Gasteiger partial charge in [0.05, 0.1) is 6.54 Å². The third kappa shape index (κ3) is 3.64. The molecule has 1 aromatic carbocycles. The van der Waals surface area contributed by atoms with Gasteiger partial charge in [-0.05, 0) is 30.7 Å². The second kappa shape index (κ2) is 6.29. The zero-order valence-corrected chi connectivity index (χ0v) is 11.8. The quantitative estimate of drug-likeness (QED) is 0.871. The number of anilines is 1. The molecule has 2 aromatic rings. The lowest BCUT2D eigenvalue weighted by molar-refractivity contribution is -0.115. The number of benzene rings is 1. The van der Waals surface area contributed by atoms with Crippen molar-refractivity contribution in [2.45, 2.75) is 26.8 Å². The van der Waals surface area contributed by atoms with Crippen LogP contribution in [0.2, 0.25) is 0 Å². The van der Waals surface area contributed by atoms with Crippen molar-refractivity contribution in [3.05, 3.63) is 30.2 Å². The number of rotatable bonds is 5. The molecule has 0 atom stereocenters. The lowest BCUT2D eigenvalue weighted by Gasteiger charge is -2.11. The molecule has 0 aliphatic carbocycles. The second-order valence-corrected chi connectivity index (χ2v) is 4.86. The minimum Gasteiger partial charge on any atom is -0.423 e. The van der Waals surface area contributed by atoms with Crippen molar-refractivity contribution in [3.8, 4) is 11.5 Å². The van der Waals surface area contributed by atoms with Crippen LogP contribution in [0.15, 0.2) is 29.0 Å². The fourth-order valence-corrected chi connectivity index (χ4v) is 1.73. The number of carbonyl (C=O) groups is 1. The van der Waals surface area contributed by atoms with E-state index < -0.39 is 0 Å². The first kappa shape index (κ1) is 14.2. The number of hydrogen-bond donors (Lipinski definition) is 2. The molecule has 1 aromatic heterocycles. The predicted molar refractivity (Wildman–Crippen MR) is 76.2 cm³/mol. The third-order valence-corrected chi connectivity index (χ3v) is 2.78. The second-order valence-electron chi connectivity index (χ2n) is 4.86. The SMILES string of the molecule is Cc1cc(-c2nnco2)ccc1NC(=O)CNC(C)C. The summed E-state index contributed by atoms with van der Waals surface area (Å²) in [6, 6.07) is 5.86. The Morgan fingerprint density at radius 1 is 1.40 bits per heavy atom. The Morgan fingerprint density at radius 3 is 2.80 bits per heavy atom. The fourth-order valence-electron chi connectivity index (χ4n) is 1.73. The summed E-state index contributed by atoms with van der Waals surface area (Å²) in [7, 11) is 0. The average molecular weight is 274 g/mol. The number of aryl methyl sites for hydroxylation is 1. The van der Waals surface area contributed by atoms with E-state index in [0.717, 1.165) is 16.8 Å². The van der Waals surface area contributed by atoms with E-state index in [1.54, 1.807) is 0 Å². The summed E-state index contributed by atoms with van der Waals surface area (Å²) >= 11 is 0. The van der Waals surface area contributed by atoms with Crippen molar-refractivity contribution < 1.29 is 9.21 Å². The summed E-state index contributed by atoms with van der Waals surface area (Å²) in [6.07, 6.45) is 1.29. The van der Waals surface area contributed by atoms with E-state index >= 15 is 0 Å². The molecule has 20 heavy (non-hydrogen) atoms. The monoisotopic (exact) mass is 274 g/mol. The van der Waals surface area contributed by atoms with Gasteiger partial charge in [-0.2, -0.15) is 0 Å². The Kier molecular flexibility index (Phi) is 4.47. The third-order valence-electron chi connectivity index (χ3n) is 2.78. The van der Waals surface area contributed by atoms with Gasteiger partial charge < -0.3 is 15.1 Å². The molecule has 106 valence electrons. The lowest BCUT2D eigenvalue weighted by atomic mass is 10.1. The van der Waals surface area contributed by atoms with Gasteiger partial charge in [0.25, 0.3) is 0 Å². The summed E-state index contributed by atoms with van der Waals surface area (Å²) in [5.74, 6) is 0.403. The fraction of sp³-hybridized carbons (Fsp3) is 0.357. The minimum atomic E-state index is -0.0626. The molecule has 0 saturated heterocycles. The number of amides is 1. The predicted octanol–water partition coefficient (Wildman–Crippen LogP) is 1.98. The molecular weight excluding hydrogens is 256 g/mol. The zero-order valence-electron chi connectivity index (χ0n) is 11.8. The molecule has 2 rings (SSSR count). The molecule has 1 amide bonds. The van der Waals surface area contributed by atoms with E-state index in [1.807, 2.05) is 39.0 Å². The van der Waals surface area contributed by atoms with E-state index in [-0.39, 0.29) is 11.9 Å². The van der Waals surface area contributed by atoms with Gasteiger partial charge in [-0.1, -0.05) is 13.8 Å². The molecule has 1 heterocycles. The molecule has 0 aliphatic rings. The molecule has 6 heteroatoms. The molecule has 0 aliphatic heterocycles. The van der Waals surface area contributed by atoms with Gasteiger partial charge >= 0.3 is 0 Å². The van der Waals surface area contributed by atoms with E-state index in [2.05, 4.69) is 20.8 Å². The number of nitrogens with zero attached hydrogens (tertiary/aromatic N) is 2. The van der Waals surface area contributed by atoms with Crippen LogP contribution in [0, 0.1) is 6.92 Å². The van der Waals surface area contributed by atoms with Crippen molar-refractivity contribution in [1.82, 2.24) is 15.5 Å². The van der Waals surface area contributed by atoms with Crippen LogP contribution in [-0.2, 0) is 4.79 Å². The molecule has 6 nitrogen and oxygen atoms in total. The highest BCUT2D eigenvalue weighted by Gasteiger charge is 2.08. The van der Waals surface area contributed by atoms with Crippen LogP contribution < -0.4 is 10.6 Å². The maximum absolute atomic E-state index is 11.8. The molecule has 0 radical (unpaired) electrons. The topological polar surface area (TPSA) is 80.1 Å². The highest BCUT2D eigenvalue weighted by molar-refractivity contribution is 5.93. The Morgan fingerprint density at radius 2 is 2.20 bits per heavy atom. The van der Waals surface area contributed by atoms with Crippen LogP contribution in [-0.4, -0.2) is 28.7 Å². The largest absolute Gasteiger partial charge is 0.423 e. The first-order valence-electron chi connectivity index (χ1n) is 6.46. The van der Waals surface area contributed by atoms with Crippen molar-refractivity contribution >= 4 is 11.6 Å². The van der Waals surface area contributed by atoms with Crippen molar-refractivity contribution in [1.29, 1.82) is 0 Å². The summed E-state index contributed by atoms with van der Waals surface area (Å²) in [6.45, 7) is 6.21. The van der Waals surface area contributed by atoms with E-state index in [4.69, 9.17) is 4.42 Å². The number of carbonyl (C=O) groups excluding carboxylic acids is 1. The molecular formula is C14H18N4O2. The van der Waals surface area contributed by atoms with Crippen LogP contribution in [0.1, 0.15) is 19.4 Å². The highest BCUT2D eigenvalue weighted by atomic mass is 16.4. The lowest BCUT2D eigenvalue weighted by Crippen LogP contribution is -2.32. The van der Waals surface area contributed by atoms with Crippen LogP contribution in [0.4, 0.5) is 5.69 Å². The maximum atomic E-state index is 11.8. The summed E-state index contributed by atoms with van der Waals surface area (Å²) in [5.41, 5.74) is 2.56. The highest BCUT2D eigenvalue weighted by Crippen LogP contribution is 2.23. The molecule has 0 spiro atoms. The Balaban J connectivity index is 2.05. The first-order chi connectivity index (χ1) is 9.56. The van der Waals surface area contributed by atoms with Gasteiger partial charge in [-0.25, -0.2) is 0 Å². The van der Waals surface area contributed by atoms with Gasteiger partial charge in [0.1, 0.15) is 0 Å². The first-order valence-corrected chi connectivity index (χ1v) is 6.46. The van der Waals surface area contributed by atoms with Gasteiger partial charge in [-0.15, -0.1) is 10.2 Å². The molecule has 0 unspecified atom stereocenters. The van der Waals surface area contributed by atoms with Gasteiger partial charge in [0.15, 0.2) is 0 Å². The van der Waals surface area contributed by atoms with Crippen LogP contribution in [0.25, 0.3) is 11.5 Å². The zero-order chi connectivity index (χ0) is 14.5. The van der Waals surface area contributed by atoms with E-state index in [0.29, 0.717) is 12.4 Å². The normalized spacial score (nSPS) is 10.8. The van der Waals surface area contributed by atoms with Gasteiger partial charge in [0, 0.05) is 17.3 Å². The molecule has 2 N–H and O–H groups in total.